The van der Waals surface area contributed by atoms with Crippen LogP contribution in [0.2, 0.25) is 5.02 Å². The summed E-state index contributed by atoms with van der Waals surface area (Å²) in [7, 11) is 0. The van der Waals surface area contributed by atoms with Crippen LogP contribution < -0.4 is 5.32 Å². The quantitative estimate of drug-likeness (QED) is 0.509. The maximum Gasteiger partial charge on any atom is 0.157 e. The Morgan fingerprint density at radius 1 is 1.12 bits per heavy atom. The number of aromatic nitrogens is 3. The van der Waals surface area contributed by atoms with Gasteiger partial charge in [0, 0.05) is 28.7 Å². The monoisotopic (exact) mass is 362 g/mol. The summed E-state index contributed by atoms with van der Waals surface area (Å²) in [6.45, 7) is 4.28. The predicted molar refractivity (Wildman–Crippen MR) is 107 cm³/mol. The standard InChI is InChI=1S/C21H19ClN4/c1-3-15-6-4-5-14(2)19(15)25-21-20(16-7-9-17(22)10-8-16)24-18-13-23-11-12-26(18)21/h4-13,25H,3H2,1-2H3. The average molecular weight is 363 g/mol. The van der Waals surface area contributed by atoms with Gasteiger partial charge in [0.1, 0.15) is 11.5 Å². The summed E-state index contributed by atoms with van der Waals surface area (Å²) in [5, 5.41) is 4.35. The molecule has 2 aromatic heterocycles. The number of rotatable bonds is 4. The minimum atomic E-state index is 0.709. The van der Waals surface area contributed by atoms with Crippen LogP contribution in [-0.4, -0.2) is 14.4 Å². The van der Waals surface area contributed by atoms with Crippen LogP contribution in [0.4, 0.5) is 11.5 Å². The zero-order valence-electron chi connectivity index (χ0n) is 14.7. The molecule has 0 aliphatic rings. The van der Waals surface area contributed by atoms with E-state index in [1.54, 1.807) is 12.4 Å². The molecule has 130 valence electrons. The van der Waals surface area contributed by atoms with Crippen molar-refractivity contribution in [3.63, 3.8) is 0 Å². The number of aryl methyl sites for hydroxylation is 2. The molecule has 1 N–H and O–H groups in total. The van der Waals surface area contributed by atoms with Crippen LogP contribution >= 0.6 is 11.6 Å². The van der Waals surface area contributed by atoms with Gasteiger partial charge in [0.05, 0.1) is 6.20 Å². The number of halogens is 1. The smallest absolute Gasteiger partial charge is 0.157 e. The highest BCUT2D eigenvalue weighted by molar-refractivity contribution is 6.30. The molecule has 0 spiro atoms. The predicted octanol–water partition coefficient (Wildman–Crippen LogP) is 5.66. The number of benzene rings is 2. The SMILES string of the molecule is CCc1cccc(C)c1Nc1c(-c2ccc(Cl)cc2)nc2cnccn12. The Bertz CT molecular complexity index is 1070. The number of anilines is 2. The van der Waals surface area contributed by atoms with Gasteiger partial charge < -0.3 is 5.32 Å². The van der Waals surface area contributed by atoms with Gasteiger partial charge in [-0.1, -0.05) is 48.9 Å². The third kappa shape index (κ3) is 2.93. The number of nitrogens with zero attached hydrogens (tertiary/aromatic N) is 3. The molecule has 0 radical (unpaired) electrons. The van der Waals surface area contributed by atoms with E-state index in [0.29, 0.717) is 5.02 Å². The van der Waals surface area contributed by atoms with Crippen LogP contribution in [0.15, 0.2) is 61.1 Å². The highest BCUT2D eigenvalue weighted by Crippen LogP contribution is 2.33. The molecule has 0 saturated heterocycles. The molecule has 2 heterocycles. The summed E-state index contributed by atoms with van der Waals surface area (Å²) < 4.78 is 2.03. The van der Waals surface area contributed by atoms with Gasteiger partial charge >= 0.3 is 0 Å². The molecule has 0 saturated carbocycles. The Morgan fingerprint density at radius 2 is 1.92 bits per heavy atom. The molecule has 4 nitrogen and oxygen atoms in total. The molecule has 5 heteroatoms. The number of nitrogens with one attached hydrogen (secondary N) is 1. The lowest BCUT2D eigenvalue weighted by Crippen LogP contribution is -2.02. The van der Waals surface area contributed by atoms with Crippen molar-refractivity contribution >= 4 is 28.8 Å². The first-order valence-corrected chi connectivity index (χ1v) is 8.98. The van der Waals surface area contributed by atoms with Crippen molar-refractivity contribution in [3.8, 4) is 11.3 Å². The van der Waals surface area contributed by atoms with E-state index < -0.39 is 0 Å². The van der Waals surface area contributed by atoms with E-state index in [1.807, 2.05) is 34.9 Å². The lowest BCUT2D eigenvalue weighted by molar-refractivity contribution is 1.11. The Labute approximate surface area is 157 Å². The van der Waals surface area contributed by atoms with Gasteiger partial charge in [0.15, 0.2) is 5.65 Å². The van der Waals surface area contributed by atoms with Crippen LogP contribution in [0.1, 0.15) is 18.1 Å². The van der Waals surface area contributed by atoms with E-state index in [1.165, 1.54) is 11.1 Å². The summed E-state index contributed by atoms with van der Waals surface area (Å²) in [6.07, 6.45) is 6.42. The molecular formula is C21H19ClN4. The largest absolute Gasteiger partial charge is 0.339 e. The Morgan fingerprint density at radius 3 is 2.69 bits per heavy atom. The number of imidazole rings is 1. The fourth-order valence-electron chi connectivity index (χ4n) is 3.16. The number of hydrogen-bond donors (Lipinski definition) is 1. The van der Waals surface area contributed by atoms with Gasteiger partial charge in [-0.3, -0.25) is 9.38 Å². The second-order valence-electron chi connectivity index (χ2n) is 6.21. The lowest BCUT2D eigenvalue weighted by Gasteiger charge is -2.15. The van der Waals surface area contributed by atoms with E-state index in [4.69, 9.17) is 16.6 Å². The van der Waals surface area contributed by atoms with Crippen molar-refractivity contribution in [2.24, 2.45) is 0 Å². The molecule has 4 aromatic rings. The van der Waals surface area contributed by atoms with Crippen molar-refractivity contribution in [1.82, 2.24) is 14.4 Å². The van der Waals surface area contributed by atoms with E-state index in [-0.39, 0.29) is 0 Å². The molecule has 0 aliphatic heterocycles. The molecule has 0 bridgehead atoms. The Balaban J connectivity index is 1.91. The highest BCUT2D eigenvalue weighted by atomic mass is 35.5. The van der Waals surface area contributed by atoms with Crippen molar-refractivity contribution < 1.29 is 0 Å². The second-order valence-corrected chi connectivity index (χ2v) is 6.64. The maximum absolute atomic E-state index is 6.06. The topological polar surface area (TPSA) is 42.2 Å². The van der Waals surface area contributed by atoms with Crippen molar-refractivity contribution in [2.75, 3.05) is 5.32 Å². The normalized spacial score (nSPS) is 11.0. The summed E-state index contributed by atoms with van der Waals surface area (Å²) in [5.74, 6) is 0.925. The van der Waals surface area contributed by atoms with Crippen LogP contribution in [0.5, 0.6) is 0 Å². The minimum Gasteiger partial charge on any atom is -0.339 e. The van der Waals surface area contributed by atoms with Gasteiger partial charge in [0.25, 0.3) is 0 Å². The number of fused-ring (bicyclic) bond motifs is 1. The first-order valence-electron chi connectivity index (χ1n) is 8.61. The molecule has 0 fully saturated rings. The molecule has 0 atom stereocenters. The molecular weight excluding hydrogens is 344 g/mol. The Kier molecular flexibility index (Phi) is 4.35. The summed E-state index contributed by atoms with van der Waals surface area (Å²) in [4.78, 5) is 8.99. The summed E-state index contributed by atoms with van der Waals surface area (Å²) in [6, 6.07) is 14.1. The molecule has 0 amide bonds. The van der Waals surface area contributed by atoms with Crippen LogP contribution in [-0.2, 0) is 6.42 Å². The molecule has 4 rings (SSSR count). The fraction of sp³-hybridized carbons (Fsp3) is 0.143. The molecule has 26 heavy (non-hydrogen) atoms. The third-order valence-electron chi connectivity index (χ3n) is 4.53. The third-order valence-corrected chi connectivity index (χ3v) is 4.78. The van der Waals surface area contributed by atoms with E-state index in [0.717, 1.165) is 34.8 Å². The van der Waals surface area contributed by atoms with Crippen molar-refractivity contribution in [1.29, 1.82) is 0 Å². The van der Waals surface area contributed by atoms with Crippen molar-refractivity contribution in [3.05, 3.63) is 77.2 Å². The first kappa shape index (κ1) is 16.6. The van der Waals surface area contributed by atoms with Gasteiger partial charge in [-0.05, 0) is 36.6 Å². The van der Waals surface area contributed by atoms with Crippen LogP contribution in [0.3, 0.4) is 0 Å². The second kappa shape index (κ2) is 6.81. The Hall–Kier alpha value is -2.85. The van der Waals surface area contributed by atoms with Gasteiger partial charge in [-0.15, -0.1) is 0 Å². The first-order chi connectivity index (χ1) is 12.7. The average Bonchev–Trinajstić information content (AvgIpc) is 3.02. The van der Waals surface area contributed by atoms with E-state index in [9.17, 15) is 0 Å². The van der Waals surface area contributed by atoms with Gasteiger partial charge in [0.2, 0.25) is 0 Å². The summed E-state index contributed by atoms with van der Waals surface area (Å²) >= 11 is 6.06. The fourth-order valence-corrected chi connectivity index (χ4v) is 3.28. The van der Waals surface area contributed by atoms with Crippen LogP contribution in [0.25, 0.3) is 16.9 Å². The molecule has 0 unspecified atom stereocenters. The molecule has 2 aromatic carbocycles. The number of hydrogen-bond acceptors (Lipinski definition) is 3. The van der Waals surface area contributed by atoms with Gasteiger partial charge in [-0.2, -0.15) is 0 Å². The summed E-state index contributed by atoms with van der Waals surface area (Å²) in [5.41, 5.74) is 6.29. The van der Waals surface area contributed by atoms with Crippen LogP contribution in [0, 0.1) is 6.92 Å². The zero-order chi connectivity index (χ0) is 18.1. The maximum atomic E-state index is 6.06. The number of para-hydroxylation sites is 1. The lowest BCUT2D eigenvalue weighted by atomic mass is 10.1. The van der Waals surface area contributed by atoms with Crippen molar-refractivity contribution in [2.45, 2.75) is 20.3 Å². The minimum absolute atomic E-state index is 0.709. The molecule has 0 aliphatic carbocycles. The van der Waals surface area contributed by atoms with E-state index >= 15 is 0 Å². The zero-order valence-corrected chi connectivity index (χ0v) is 15.5. The highest BCUT2D eigenvalue weighted by Gasteiger charge is 2.16. The van der Waals surface area contributed by atoms with Gasteiger partial charge in [-0.25, -0.2) is 4.98 Å². The van der Waals surface area contributed by atoms with E-state index in [2.05, 4.69) is 42.3 Å².